The van der Waals surface area contributed by atoms with Gasteiger partial charge in [-0.1, -0.05) is 51.3 Å². The van der Waals surface area contributed by atoms with Gasteiger partial charge in [-0.05, 0) is 6.42 Å². The number of hydrogen-bond acceptors (Lipinski definition) is 4. The molecule has 1 unspecified atom stereocenters. The van der Waals surface area contributed by atoms with Crippen LogP contribution in [-0.2, 0) is 0 Å². The summed E-state index contributed by atoms with van der Waals surface area (Å²) in [5, 5.41) is 19.0. The minimum Gasteiger partial charge on any atom is -0.258 e. The van der Waals surface area contributed by atoms with E-state index in [9.17, 15) is 10.1 Å². The third-order valence-corrected chi connectivity index (χ3v) is 4.32. The van der Waals surface area contributed by atoms with Gasteiger partial charge in [0.1, 0.15) is 5.69 Å². The number of benzene rings is 1. The van der Waals surface area contributed by atoms with Crippen LogP contribution in [0.1, 0.15) is 23.9 Å². The fourth-order valence-corrected chi connectivity index (χ4v) is 2.47. The Labute approximate surface area is 133 Å². The summed E-state index contributed by atoms with van der Waals surface area (Å²) in [7, 11) is 0. The average Bonchev–Trinajstić information content (AvgIpc) is 2.86. The van der Waals surface area contributed by atoms with Crippen molar-refractivity contribution in [1.82, 2.24) is 15.0 Å². The van der Waals surface area contributed by atoms with Gasteiger partial charge in [-0.2, -0.15) is 0 Å². The van der Waals surface area contributed by atoms with E-state index in [1.165, 1.54) is 16.8 Å². The Hall–Kier alpha value is -1.18. The summed E-state index contributed by atoms with van der Waals surface area (Å²) in [5.74, 6) is 0. The van der Waals surface area contributed by atoms with E-state index in [0.717, 1.165) is 12.1 Å². The van der Waals surface area contributed by atoms with Crippen molar-refractivity contribution in [1.29, 1.82) is 0 Å². The summed E-state index contributed by atoms with van der Waals surface area (Å²) in [4.78, 5) is 10.3. The van der Waals surface area contributed by atoms with E-state index < -0.39 is 4.92 Å². The number of alkyl halides is 1. The predicted octanol–water partition coefficient (Wildman–Crippen LogP) is 4.33. The minimum absolute atomic E-state index is 0.0758. The van der Waals surface area contributed by atoms with Crippen LogP contribution < -0.4 is 0 Å². The van der Waals surface area contributed by atoms with Crippen LogP contribution in [0, 0.1) is 10.1 Å². The molecule has 0 bridgehead atoms. The minimum atomic E-state index is -0.556. The van der Waals surface area contributed by atoms with Crippen LogP contribution in [0.25, 0.3) is 5.69 Å². The number of rotatable bonds is 4. The third-order valence-electron chi connectivity index (χ3n) is 2.63. The monoisotopic (exact) mass is 378 g/mol. The summed E-state index contributed by atoms with van der Waals surface area (Å²) in [6.45, 7) is 2.00. The number of nitro groups is 1. The SMILES string of the molecule is CCC(Br)c1cn(-c2c(Cl)cc([N+](=O)[O-])cc2Cl)nn1. The first-order valence-electron chi connectivity index (χ1n) is 5.64. The molecule has 0 N–H and O–H groups in total. The van der Waals surface area contributed by atoms with Crippen LogP contribution >= 0.6 is 39.1 Å². The lowest BCUT2D eigenvalue weighted by Crippen LogP contribution is -1.99. The van der Waals surface area contributed by atoms with Crippen molar-refractivity contribution in [2.75, 3.05) is 0 Å². The number of halogens is 3. The molecule has 0 spiro atoms. The highest BCUT2D eigenvalue weighted by Crippen LogP contribution is 2.33. The molecule has 1 aromatic carbocycles. The smallest absolute Gasteiger partial charge is 0.258 e. The molecule has 0 amide bonds. The zero-order valence-corrected chi connectivity index (χ0v) is 13.4. The summed E-state index contributed by atoms with van der Waals surface area (Å²) < 4.78 is 1.41. The molecule has 9 heteroatoms. The van der Waals surface area contributed by atoms with E-state index in [1.54, 1.807) is 6.20 Å². The summed E-state index contributed by atoms with van der Waals surface area (Å²) in [6, 6.07) is 2.46. The Morgan fingerprint density at radius 1 is 1.45 bits per heavy atom. The fourth-order valence-electron chi connectivity index (χ4n) is 1.62. The second kappa shape index (κ2) is 6.07. The zero-order valence-electron chi connectivity index (χ0n) is 10.3. The molecule has 0 aliphatic rings. The van der Waals surface area contributed by atoms with Crippen molar-refractivity contribution in [3.05, 3.63) is 44.2 Å². The summed E-state index contributed by atoms with van der Waals surface area (Å²) in [6.07, 6.45) is 2.53. The Bertz CT molecular complexity index is 639. The van der Waals surface area contributed by atoms with E-state index in [0.29, 0.717) is 5.69 Å². The van der Waals surface area contributed by atoms with E-state index in [1.807, 2.05) is 6.92 Å². The van der Waals surface area contributed by atoms with Crippen molar-refractivity contribution < 1.29 is 4.92 Å². The summed E-state index contributed by atoms with van der Waals surface area (Å²) in [5.41, 5.74) is 0.933. The average molecular weight is 380 g/mol. The highest BCUT2D eigenvalue weighted by Gasteiger charge is 2.18. The Balaban J connectivity index is 2.48. The van der Waals surface area contributed by atoms with Gasteiger partial charge in [0.15, 0.2) is 0 Å². The maximum absolute atomic E-state index is 10.7. The number of hydrogen-bond donors (Lipinski definition) is 0. The third kappa shape index (κ3) is 2.94. The first kappa shape index (κ1) is 15.2. The van der Waals surface area contributed by atoms with Gasteiger partial charge in [0.05, 0.1) is 31.7 Å². The number of nitro benzene ring substituents is 1. The van der Waals surface area contributed by atoms with E-state index >= 15 is 0 Å². The van der Waals surface area contributed by atoms with Gasteiger partial charge in [-0.3, -0.25) is 10.1 Å². The Morgan fingerprint density at radius 3 is 2.55 bits per heavy atom. The zero-order chi connectivity index (χ0) is 14.9. The van der Waals surface area contributed by atoms with Crippen LogP contribution in [0.4, 0.5) is 5.69 Å². The predicted molar refractivity (Wildman–Crippen MR) is 80.0 cm³/mol. The van der Waals surface area contributed by atoms with Crippen molar-refractivity contribution in [3.8, 4) is 5.69 Å². The van der Waals surface area contributed by atoms with Crippen molar-refractivity contribution >= 4 is 44.8 Å². The number of non-ortho nitro benzene ring substituents is 1. The second-order valence-corrected chi connectivity index (χ2v) is 5.90. The first-order chi connectivity index (χ1) is 9.43. The molecule has 0 saturated heterocycles. The fraction of sp³-hybridized carbons (Fsp3) is 0.273. The molecule has 0 aliphatic carbocycles. The first-order valence-corrected chi connectivity index (χ1v) is 7.31. The molecular formula is C11H9BrCl2N4O2. The van der Waals surface area contributed by atoms with Crippen LogP contribution in [0.5, 0.6) is 0 Å². The van der Waals surface area contributed by atoms with Gasteiger partial charge in [0.25, 0.3) is 5.69 Å². The molecule has 20 heavy (non-hydrogen) atoms. The molecule has 1 atom stereocenters. The molecule has 106 valence electrons. The topological polar surface area (TPSA) is 73.8 Å². The highest BCUT2D eigenvalue weighted by molar-refractivity contribution is 9.09. The van der Waals surface area contributed by atoms with Crippen LogP contribution in [-0.4, -0.2) is 19.9 Å². The Morgan fingerprint density at radius 2 is 2.05 bits per heavy atom. The standard InChI is InChI=1S/C11H9BrCl2N4O2/c1-2-7(12)10-5-17(16-15-10)11-8(13)3-6(18(19)20)4-9(11)14/h3-5,7H,2H2,1H3. The van der Waals surface area contributed by atoms with Crippen LogP contribution in [0.2, 0.25) is 10.0 Å². The van der Waals surface area contributed by atoms with Crippen molar-refractivity contribution in [3.63, 3.8) is 0 Å². The van der Waals surface area contributed by atoms with Gasteiger partial charge >= 0.3 is 0 Å². The second-order valence-electron chi connectivity index (χ2n) is 3.98. The largest absolute Gasteiger partial charge is 0.272 e. The maximum atomic E-state index is 10.7. The number of aromatic nitrogens is 3. The van der Waals surface area contributed by atoms with Crippen molar-refractivity contribution in [2.24, 2.45) is 0 Å². The van der Waals surface area contributed by atoms with Crippen LogP contribution in [0.3, 0.4) is 0 Å². The van der Waals surface area contributed by atoms with Gasteiger partial charge in [0.2, 0.25) is 0 Å². The molecule has 0 radical (unpaired) electrons. The molecule has 2 rings (SSSR count). The molecular weight excluding hydrogens is 371 g/mol. The lowest BCUT2D eigenvalue weighted by Gasteiger charge is -2.06. The van der Waals surface area contributed by atoms with Crippen molar-refractivity contribution in [2.45, 2.75) is 18.2 Å². The highest BCUT2D eigenvalue weighted by atomic mass is 79.9. The molecule has 0 fully saturated rings. The normalized spacial score (nSPS) is 12.4. The van der Waals surface area contributed by atoms with E-state index in [-0.39, 0.29) is 20.6 Å². The van der Waals surface area contributed by atoms with Gasteiger partial charge in [0, 0.05) is 12.1 Å². The molecule has 1 aromatic heterocycles. The van der Waals surface area contributed by atoms with E-state index in [4.69, 9.17) is 23.2 Å². The van der Waals surface area contributed by atoms with E-state index in [2.05, 4.69) is 26.2 Å². The molecule has 2 aromatic rings. The lowest BCUT2D eigenvalue weighted by atomic mass is 10.2. The summed E-state index contributed by atoms with van der Waals surface area (Å²) >= 11 is 15.6. The van der Waals surface area contributed by atoms with Gasteiger partial charge < -0.3 is 0 Å². The molecule has 6 nitrogen and oxygen atoms in total. The van der Waals surface area contributed by atoms with Gasteiger partial charge in [-0.25, -0.2) is 4.68 Å². The molecule has 0 aliphatic heterocycles. The molecule has 0 saturated carbocycles. The molecule has 1 heterocycles. The Kier molecular flexibility index (Phi) is 4.62. The maximum Gasteiger partial charge on any atom is 0.272 e. The van der Waals surface area contributed by atoms with Gasteiger partial charge in [-0.15, -0.1) is 5.10 Å². The quantitative estimate of drug-likeness (QED) is 0.450. The number of nitrogens with zero attached hydrogens (tertiary/aromatic N) is 4. The lowest BCUT2D eigenvalue weighted by molar-refractivity contribution is -0.384. The van der Waals surface area contributed by atoms with Crippen LogP contribution in [0.15, 0.2) is 18.3 Å².